The van der Waals surface area contributed by atoms with Crippen LogP contribution in [0.1, 0.15) is 5.56 Å². The van der Waals surface area contributed by atoms with Gasteiger partial charge in [0.25, 0.3) is 10.0 Å². The topological polar surface area (TPSA) is 84.7 Å². The summed E-state index contributed by atoms with van der Waals surface area (Å²) in [6.45, 7) is 1.94. The zero-order valence-corrected chi connectivity index (χ0v) is 18.7. The van der Waals surface area contributed by atoms with Crippen molar-refractivity contribution in [1.29, 1.82) is 0 Å². The summed E-state index contributed by atoms with van der Waals surface area (Å²) < 4.78 is 35.7. The van der Waals surface area contributed by atoms with E-state index in [0.717, 1.165) is 16.6 Å². The van der Waals surface area contributed by atoms with Gasteiger partial charge in [0, 0.05) is 0 Å². The highest BCUT2D eigenvalue weighted by atomic mass is 32.2. The number of methoxy groups -OCH3 is 1. The maximum absolute atomic E-state index is 13.6. The molecule has 4 rings (SSSR count). The van der Waals surface area contributed by atoms with Crippen molar-refractivity contribution in [2.75, 3.05) is 18.0 Å². The average molecular weight is 452 g/mol. The van der Waals surface area contributed by atoms with Crippen LogP contribution in [0.4, 0.5) is 5.69 Å². The third kappa shape index (κ3) is 4.32. The van der Waals surface area contributed by atoms with Gasteiger partial charge in [-0.3, -0.25) is 4.31 Å². The van der Waals surface area contributed by atoms with E-state index in [9.17, 15) is 13.5 Å². The molecule has 0 fully saturated rings. The Kier molecular flexibility index (Phi) is 6.16. The van der Waals surface area contributed by atoms with E-state index in [-0.39, 0.29) is 18.0 Å². The maximum atomic E-state index is 13.6. The van der Waals surface area contributed by atoms with E-state index in [1.54, 1.807) is 54.9 Å². The second kappa shape index (κ2) is 9.02. The predicted octanol–water partition coefficient (Wildman–Crippen LogP) is 3.61. The number of imidazole rings is 1. The molecule has 32 heavy (non-hydrogen) atoms. The molecule has 0 aliphatic heterocycles. The van der Waals surface area contributed by atoms with Gasteiger partial charge >= 0.3 is 0 Å². The molecule has 1 N–H and O–H groups in total. The Morgan fingerprint density at radius 3 is 2.47 bits per heavy atom. The number of aliphatic hydroxyl groups is 1. The van der Waals surface area contributed by atoms with Crippen molar-refractivity contribution in [3.63, 3.8) is 0 Å². The van der Waals surface area contributed by atoms with E-state index in [4.69, 9.17) is 4.74 Å². The number of benzene rings is 3. The van der Waals surface area contributed by atoms with Gasteiger partial charge in [0.05, 0.1) is 54.2 Å². The lowest BCUT2D eigenvalue weighted by Gasteiger charge is -2.28. The van der Waals surface area contributed by atoms with Crippen LogP contribution in [-0.2, 0) is 16.6 Å². The minimum absolute atomic E-state index is 0.147. The third-order valence-corrected chi connectivity index (χ3v) is 7.07. The normalized spacial score (nSPS) is 12.6. The maximum Gasteiger partial charge on any atom is 0.264 e. The van der Waals surface area contributed by atoms with Crippen LogP contribution in [0.5, 0.6) is 5.75 Å². The molecule has 3 aromatic carbocycles. The number of fused-ring (bicyclic) bond motifs is 1. The zero-order chi connectivity index (χ0) is 22.7. The number of anilines is 1. The SMILES string of the molecule is COc1ccccc1N(C[C@@H](O)Cn1cnc2ccccc21)S(=O)(=O)c1ccc(C)cc1. The summed E-state index contributed by atoms with van der Waals surface area (Å²) in [5.74, 6) is 0.406. The number of para-hydroxylation sites is 4. The molecule has 0 amide bonds. The first kappa shape index (κ1) is 21.9. The third-order valence-electron chi connectivity index (χ3n) is 5.27. The van der Waals surface area contributed by atoms with Crippen LogP contribution < -0.4 is 9.04 Å². The number of hydrogen-bond acceptors (Lipinski definition) is 5. The van der Waals surface area contributed by atoms with Crippen molar-refractivity contribution in [2.24, 2.45) is 0 Å². The fraction of sp³-hybridized carbons (Fsp3) is 0.208. The molecule has 0 radical (unpaired) electrons. The molecule has 7 nitrogen and oxygen atoms in total. The summed E-state index contributed by atoms with van der Waals surface area (Å²) in [6.07, 6.45) is 0.660. The van der Waals surface area contributed by atoms with Gasteiger partial charge in [0.2, 0.25) is 0 Å². The summed E-state index contributed by atoms with van der Waals surface area (Å²) in [7, 11) is -2.46. The van der Waals surface area contributed by atoms with Crippen LogP contribution in [0.15, 0.2) is 84.0 Å². The standard InChI is InChI=1S/C24H25N3O4S/c1-18-11-13-20(14-12-18)32(29,30)27(23-9-5-6-10-24(23)31-2)16-19(28)15-26-17-25-21-7-3-4-8-22(21)26/h3-14,17,19,28H,15-16H2,1-2H3/t19-/m0/s1. The highest BCUT2D eigenvalue weighted by Gasteiger charge is 2.29. The molecule has 0 unspecified atom stereocenters. The summed E-state index contributed by atoms with van der Waals surface area (Å²) in [6, 6.07) is 21.1. The lowest BCUT2D eigenvalue weighted by Crippen LogP contribution is -2.39. The van der Waals surface area contributed by atoms with Crippen molar-refractivity contribution < 1.29 is 18.3 Å². The largest absolute Gasteiger partial charge is 0.495 e. The quantitative estimate of drug-likeness (QED) is 0.442. The van der Waals surface area contributed by atoms with E-state index in [2.05, 4.69) is 4.98 Å². The molecular formula is C24H25N3O4S. The number of sulfonamides is 1. The summed E-state index contributed by atoms with van der Waals surface area (Å²) in [5, 5.41) is 10.9. The first-order valence-electron chi connectivity index (χ1n) is 10.2. The molecule has 0 saturated carbocycles. The number of aryl methyl sites for hydroxylation is 1. The average Bonchev–Trinajstić information content (AvgIpc) is 3.20. The number of aliphatic hydroxyl groups excluding tert-OH is 1. The zero-order valence-electron chi connectivity index (χ0n) is 17.9. The Hall–Kier alpha value is -3.36. The van der Waals surface area contributed by atoms with Crippen molar-refractivity contribution in [2.45, 2.75) is 24.5 Å². The van der Waals surface area contributed by atoms with E-state index >= 15 is 0 Å². The Morgan fingerprint density at radius 2 is 1.72 bits per heavy atom. The first-order valence-corrected chi connectivity index (χ1v) is 11.6. The predicted molar refractivity (Wildman–Crippen MR) is 124 cm³/mol. The summed E-state index contributed by atoms with van der Waals surface area (Å²) in [4.78, 5) is 4.49. The fourth-order valence-electron chi connectivity index (χ4n) is 3.63. The number of ether oxygens (including phenoxy) is 1. The molecule has 0 aliphatic rings. The molecule has 0 saturated heterocycles. The van der Waals surface area contributed by atoms with Gasteiger partial charge in [-0.25, -0.2) is 13.4 Å². The minimum Gasteiger partial charge on any atom is -0.495 e. The molecule has 0 bridgehead atoms. The lowest BCUT2D eigenvalue weighted by atomic mass is 10.2. The summed E-state index contributed by atoms with van der Waals surface area (Å²) >= 11 is 0. The van der Waals surface area contributed by atoms with Crippen LogP contribution in [0.2, 0.25) is 0 Å². The monoisotopic (exact) mass is 451 g/mol. The van der Waals surface area contributed by atoms with Gasteiger partial charge in [0.15, 0.2) is 0 Å². The van der Waals surface area contributed by atoms with E-state index in [1.165, 1.54) is 11.4 Å². The van der Waals surface area contributed by atoms with E-state index in [0.29, 0.717) is 11.4 Å². The van der Waals surface area contributed by atoms with Crippen molar-refractivity contribution in [3.05, 3.63) is 84.7 Å². The molecule has 0 spiro atoms. The molecular weight excluding hydrogens is 426 g/mol. The fourth-order valence-corrected chi connectivity index (χ4v) is 5.14. The van der Waals surface area contributed by atoms with Crippen molar-refractivity contribution in [3.8, 4) is 5.75 Å². The molecule has 1 atom stereocenters. The molecule has 8 heteroatoms. The van der Waals surface area contributed by atoms with Crippen LogP contribution in [0.3, 0.4) is 0 Å². The Bertz CT molecular complexity index is 1320. The van der Waals surface area contributed by atoms with Gasteiger partial charge in [-0.15, -0.1) is 0 Å². The van der Waals surface area contributed by atoms with Crippen LogP contribution in [-0.4, -0.2) is 42.8 Å². The highest BCUT2D eigenvalue weighted by Crippen LogP contribution is 2.32. The van der Waals surface area contributed by atoms with Crippen LogP contribution in [0, 0.1) is 6.92 Å². The number of aromatic nitrogens is 2. The van der Waals surface area contributed by atoms with Gasteiger partial charge in [-0.2, -0.15) is 0 Å². The van der Waals surface area contributed by atoms with Crippen LogP contribution >= 0.6 is 0 Å². The van der Waals surface area contributed by atoms with E-state index in [1.807, 2.05) is 35.8 Å². The molecule has 1 aromatic heterocycles. The second-order valence-corrected chi connectivity index (χ2v) is 9.42. The Balaban J connectivity index is 1.70. The van der Waals surface area contributed by atoms with Gasteiger partial charge in [-0.1, -0.05) is 42.0 Å². The Labute approximate surface area is 187 Å². The highest BCUT2D eigenvalue weighted by molar-refractivity contribution is 7.92. The van der Waals surface area contributed by atoms with Crippen molar-refractivity contribution >= 4 is 26.7 Å². The minimum atomic E-state index is -3.95. The summed E-state index contributed by atoms with van der Waals surface area (Å²) in [5.41, 5.74) is 3.01. The number of nitrogens with zero attached hydrogens (tertiary/aromatic N) is 3. The molecule has 1 heterocycles. The van der Waals surface area contributed by atoms with Crippen molar-refractivity contribution in [1.82, 2.24) is 9.55 Å². The molecule has 166 valence electrons. The lowest BCUT2D eigenvalue weighted by molar-refractivity contribution is 0.164. The Morgan fingerprint density at radius 1 is 1.03 bits per heavy atom. The smallest absolute Gasteiger partial charge is 0.264 e. The van der Waals surface area contributed by atoms with Gasteiger partial charge in [0.1, 0.15) is 5.75 Å². The second-order valence-electron chi connectivity index (χ2n) is 7.56. The molecule has 0 aliphatic carbocycles. The van der Waals surface area contributed by atoms with E-state index < -0.39 is 16.1 Å². The molecule has 4 aromatic rings. The number of hydrogen-bond donors (Lipinski definition) is 1. The first-order chi connectivity index (χ1) is 15.4. The van der Waals surface area contributed by atoms with Gasteiger partial charge < -0.3 is 14.4 Å². The number of rotatable bonds is 8. The van der Waals surface area contributed by atoms with Crippen LogP contribution in [0.25, 0.3) is 11.0 Å². The van der Waals surface area contributed by atoms with Gasteiger partial charge in [-0.05, 0) is 43.3 Å².